The predicted molar refractivity (Wildman–Crippen MR) is 95.3 cm³/mol. The van der Waals surface area contributed by atoms with Crippen molar-refractivity contribution in [1.82, 2.24) is 20.0 Å². The molecule has 134 valence electrons. The van der Waals surface area contributed by atoms with Gasteiger partial charge >= 0.3 is 6.03 Å². The maximum Gasteiger partial charge on any atom is 0.324 e. The number of hydrogen-bond donors (Lipinski definition) is 1. The Bertz CT molecular complexity index is 596. The lowest BCUT2D eigenvalue weighted by Crippen LogP contribution is -2.58. The number of likely N-dealkylation sites (N-methyl/N-ethyl adjacent to an activating group) is 1. The molecular formula is C16H27N5O2S. The van der Waals surface area contributed by atoms with Gasteiger partial charge in [-0.1, -0.05) is 51.9 Å². The van der Waals surface area contributed by atoms with E-state index in [-0.39, 0.29) is 17.4 Å². The number of carbonyl (C=O) groups is 2. The first kappa shape index (κ1) is 18.6. The fraction of sp³-hybridized carbons (Fsp3) is 0.750. The molecule has 1 aromatic rings. The van der Waals surface area contributed by atoms with Crippen LogP contribution in [-0.4, -0.2) is 58.1 Å². The van der Waals surface area contributed by atoms with Crippen molar-refractivity contribution in [2.75, 3.05) is 25.5 Å². The Labute approximate surface area is 147 Å². The fourth-order valence-corrected chi connectivity index (χ4v) is 3.36. The summed E-state index contributed by atoms with van der Waals surface area (Å²) < 4.78 is 0. The molecule has 3 amide bonds. The van der Waals surface area contributed by atoms with Crippen molar-refractivity contribution < 1.29 is 9.59 Å². The first-order valence-corrected chi connectivity index (χ1v) is 9.22. The Morgan fingerprint density at radius 2 is 2.04 bits per heavy atom. The summed E-state index contributed by atoms with van der Waals surface area (Å²) in [5, 5.41) is 12.3. The van der Waals surface area contributed by atoms with E-state index in [4.69, 9.17) is 0 Å². The molecule has 1 aliphatic heterocycles. The maximum absolute atomic E-state index is 12.6. The molecule has 8 heteroatoms. The van der Waals surface area contributed by atoms with Crippen molar-refractivity contribution in [3.8, 4) is 0 Å². The van der Waals surface area contributed by atoms with Crippen LogP contribution in [0.3, 0.4) is 0 Å². The summed E-state index contributed by atoms with van der Waals surface area (Å²) in [7, 11) is 1.79. The van der Waals surface area contributed by atoms with Gasteiger partial charge in [-0.25, -0.2) is 4.79 Å². The standard InChI is InChI=1S/C16H27N5O2S/c1-6-7-8-11-12(22)20(5)9-10-21(11)15(23)17-14-19-18-13(24-14)16(2,3)4/h11H,6-10H2,1-5H3,(H,17,19,23). The van der Waals surface area contributed by atoms with E-state index in [2.05, 4.69) is 43.2 Å². The van der Waals surface area contributed by atoms with Gasteiger partial charge in [-0.05, 0) is 6.42 Å². The van der Waals surface area contributed by atoms with Gasteiger partial charge in [0.1, 0.15) is 11.0 Å². The van der Waals surface area contributed by atoms with E-state index in [0.29, 0.717) is 24.6 Å². The lowest BCUT2D eigenvalue weighted by Gasteiger charge is -2.38. The molecule has 24 heavy (non-hydrogen) atoms. The first-order chi connectivity index (χ1) is 11.2. The molecule has 0 saturated carbocycles. The molecular weight excluding hydrogens is 326 g/mol. The summed E-state index contributed by atoms with van der Waals surface area (Å²) in [4.78, 5) is 28.4. The van der Waals surface area contributed by atoms with Crippen molar-refractivity contribution in [2.24, 2.45) is 0 Å². The van der Waals surface area contributed by atoms with Gasteiger partial charge in [0, 0.05) is 25.6 Å². The third kappa shape index (κ3) is 4.23. The van der Waals surface area contributed by atoms with E-state index >= 15 is 0 Å². The normalized spacial score (nSPS) is 18.9. The summed E-state index contributed by atoms with van der Waals surface area (Å²) in [6, 6.07) is -0.659. The molecule has 0 radical (unpaired) electrons. The average Bonchev–Trinajstić information content (AvgIpc) is 2.97. The topological polar surface area (TPSA) is 78.4 Å². The number of hydrogen-bond acceptors (Lipinski definition) is 5. The first-order valence-electron chi connectivity index (χ1n) is 8.40. The van der Waals surface area contributed by atoms with Crippen LogP contribution in [0.4, 0.5) is 9.93 Å². The van der Waals surface area contributed by atoms with Gasteiger partial charge < -0.3 is 9.80 Å². The molecule has 1 aromatic heterocycles. The van der Waals surface area contributed by atoms with E-state index in [1.54, 1.807) is 16.8 Å². The number of nitrogens with zero attached hydrogens (tertiary/aromatic N) is 4. The van der Waals surface area contributed by atoms with E-state index in [1.165, 1.54) is 11.3 Å². The third-order valence-corrected chi connectivity index (χ3v) is 5.35. The molecule has 2 heterocycles. The van der Waals surface area contributed by atoms with Crippen LogP contribution in [0.2, 0.25) is 0 Å². The van der Waals surface area contributed by atoms with Gasteiger partial charge in [0.15, 0.2) is 0 Å². The van der Waals surface area contributed by atoms with Gasteiger partial charge in [-0.15, -0.1) is 10.2 Å². The summed E-state index contributed by atoms with van der Waals surface area (Å²) in [5.74, 6) is 0.0116. The van der Waals surface area contributed by atoms with Crippen molar-refractivity contribution >= 4 is 28.4 Å². The molecule has 0 aromatic carbocycles. The van der Waals surface area contributed by atoms with Crippen molar-refractivity contribution in [3.05, 3.63) is 5.01 Å². The predicted octanol–water partition coefficient (Wildman–Crippen LogP) is 2.70. The van der Waals surface area contributed by atoms with Crippen LogP contribution in [0.15, 0.2) is 0 Å². The van der Waals surface area contributed by atoms with Crippen LogP contribution >= 0.6 is 11.3 Å². The molecule has 0 bridgehead atoms. The van der Waals surface area contributed by atoms with Crippen LogP contribution in [-0.2, 0) is 10.2 Å². The number of nitrogens with one attached hydrogen (secondary N) is 1. The van der Waals surface area contributed by atoms with Crippen molar-refractivity contribution in [2.45, 2.75) is 58.4 Å². The summed E-state index contributed by atoms with van der Waals surface area (Å²) in [6.45, 7) is 9.33. The summed E-state index contributed by atoms with van der Waals surface area (Å²) >= 11 is 1.38. The molecule has 0 aliphatic carbocycles. The van der Waals surface area contributed by atoms with Crippen LogP contribution in [0, 0.1) is 0 Å². The lowest BCUT2D eigenvalue weighted by atomic mass is 9.98. The van der Waals surface area contributed by atoms with Crippen LogP contribution in [0.1, 0.15) is 52.0 Å². The molecule has 1 N–H and O–H groups in total. The van der Waals surface area contributed by atoms with E-state index < -0.39 is 6.04 Å². The molecule has 1 fully saturated rings. The zero-order valence-corrected chi connectivity index (χ0v) is 15.9. The highest BCUT2D eigenvalue weighted by atomic mass is 32.1. The number of piperazine rings is 1. The van der Waals surface area contributed by atoms with Gasteiger partial charge in [0.2, 0.25) is 11.0 Å². The van der Waals surface area contributed by atoms with E-state index in [1.807, 2.05) is 0 Å². The SMILES string of the molecule is CCCCC1C(=O)N(C)CCN1C(=O)Nc1nnc(C(C)(C)C)s1. The van der Waals surface area contributed by atoms with Gasteiger partial charge in [0.05, 0.1) is 0 Å². The summed E-state index contributed by atoms with van der Waals surface area (Å²) in [5.41, 5.74) is -0.103. The minimum absolute atomic E-state index is 0.0116. The Morgan fingerprint density at radius 1 is 1.33 bits per heavy atom. The lowest BCUT2D eigenvalue weighted by molar-refractivity contribution is -0.138. The quantitative estimate of drug-likeness (QED) is 0.903. The molecule has 1 aliphatic rings. The highest BCUT2D eigenvalue weighted by Gasteiger charge is 2.35. The second kappa shape index (κ2) is 7.46. The number of urea groups is 1. The van der Waals surface area contributed by atoms with Gasteiger partial charge in [-0.3, -0.25) is 10.1 Å². The van der Waals surface area contributed by atoms with Crippen molar-refractivity contribution in [3.63, 3.8) is 0 Å². The monoisotopic (exact) mass is 353 g/mol. The Morgan fingerprint density at radius 3 is 2.62 bits per heavy atom. The van der Waals surface area contributed by atoms with Crippen LogP contribution < -0.4 is 5.32 Å². The minimum atomic E-state index is -0.390. The van der Waals surface area contributed by atoms with Crippen molar-refractivity contribution in [1.29, 1.82) is 0 Å². The summed E-state index contributed by atoms with van der Waals surface area (Å²) in [6.07, 6.45) is 2.60. The maximum atomic E-state index is 12.6. The molecule has 7 nitrogen and oxygen atoms in total. The zero-order chi connectivity index (χ0) is 17.9. The van der Waals surface area contributed by atoms with E-state index in [9.17, 15) is 9.59 Å². The number of aromatic nitrogens is 2. The number of unbranched alkanes of at least 4 members (excludes halogenated alkanes) is 1. The smallest absolute Gasteiger partial charge is 0.324 e. The highest BCUT2D eigenvalue weighted by molar-refractivity contribution is 7.15. The Balaban J connectivity index is 2.08. The van der Waals surface area contributed by atoms with Gasteiger partial charge in [0.25, 0.3) is 0 Å². The van der Waals surface area contributed by atoms with Crippen LogP contribution in [0.5, 0.6) is 0 Å². The number of rotatable bonds is 4. The molecule has 1 unspecified atom stereocenters. The molecule has 0 spiro atoms. The zero-order valence-electron chi connectivity index (χ0n) is 15.1. The minimum Gasteiger partial charge on any atom is -0.342 e. The molecule has 1 atom stereocenters. The molecule has 1 saturated heterocycles. The Kier molecular flexibility index (Phi) is 5.79. The largest absolute Gasteiger partial charge is 0.342 e. The third-order valence-electron chi connectivity index (χ3n) is 4.09. The van der Waals surface area contributed by atoms with E-state index in [0.717, 1.165) is 17.8 Å². The average molecular weight is 353 g/mol. The number of anilines is 1. The van der Waals surface area contributed by atoms with Crippen LogP contribution in [0.25, 0.3) is 0 Å². The fourth-order valence-electron chi connectivity index (χ4n) is 2.57. The highest BCUT2D eigenvalue weighted by Crippen LogP contribution is 2.28. The second-order valence-electron chi connectivity index (χ2n) is 7.20. The number of amides is 3. The number of carbonyl (C=O) groups excluding carboxylic acids is 2. The Hall–Kier alpha value is -1.70. The molecule has 2 rings (SSSR count). The van der Waals surface area contributed by atoms with Gasteiger partial charge in [-0.2, -0.15) is 0 Å². The second-order valence-corrected chi connectivity index (χ2v) is 8.18.